The van der Waals surface area contributed by atoms with Gasteiger partial charge in [0, 0.05) is 13.1 Å². The molecule has 2 unspecified atom stereocenters. The van der Waals surface area contributed by atoms with Crippen molar-refractivity contribution >= 4 is 12.1 Å². The van der Waals surface area contributed by atoms with Crippen LogP contribution in [0.2, 0.25) is 0 Å². The lowest BCUT2D eigenvalue weighted by Gasteiger charge is -2.33. The van der Waals surface area contributed by atoms with Gasteiger partial charge in [-0.15, -0.1) is 0 Å². The second-order valence-electron chi connectivity index (χ2n) is 9.18. The summed E-state index contributed by atoms with van der Waals surface area (Å²) in [6.07, 6.45) is 10.7. The summed E-state index contributed by atoms with van der Waals surface area (Å²) in [4.78, 5) is 26.2. The molecule has 0 N–H and O–H groups in total. The molecule has 150 valence electrons. The zero-order valence-corrected chi connectivity index (χ0v) is 17.1. The van der Waals surface area contributed by atoms with Crippen molar-refractivity contribution in [2.75, 3.05) is 20.2 Å². The molecular formula is C21H37NO4. The fraction of sp³-hybridized carbons (Fsp3) is 0.905. The van der Waals surface area contributed by atoms with E-state index in [4.69, 9.17) is 9.47 Å². The molecule has 1 saturated carbocycles. The fourth-order valence-electron chi connectivity index (χ4n) is 4.57. The Balaban J connectivity index is 1.94. The Bertz CT molecular complexity index is 485. The molecule has 1 aliphatic carbocycles. The average molecular weight is 368 g/mol. The van der Waals surface area contributed by atoms with Crippen LogP contribution in [0.3, 0.4) is 0 Å². The smallest absolute Gasteiger partial charge is 0.410 e. The van der Waals surface area contributed by atoms with E-state index in [1.807, 2.05) is 25.7 Å². The Morgan fingerprint density at radius 2 is 1.58 bits per heavy atom. The molecule has 1 amide bonds. The molecule has 0 radical (unpaired) electrons. The molecule has 26 heavy (non-hydrogen) atoms. The van der Waals surface area contributed by atoms with Crippen LogP contribution in [0.5, 0.6) is 0 Å². The van der Waals surface area contributed by atoms with E-state index in [1.54, 1.807) is 0 Å². The van der Waals surface area contributed by atoms with Gasteiger partial charge in [-0.2, -0.15) is 0 Å². The van der Waals surface area contributed by atoms with Gasteiger partial charge in [0.1, 0.15) is 5.60 Å². The van der Waals surface area contributed by atoms with Crippen molar-refractivity contribution < 1.29 is 19.1 Å². The highest BCUT2D eigenvalue weighted by Gasteiger charge is 2.35. The lowest BCUT2D eigenvalue weighted by molar-refractivity contribution is -0.145. The monoisotopic (exact) mass is 367 g/mol. The maximum absolute atomic E-state index is 12.4. The van der Waals surface area contributed by atoms with Gasteiger partial charge in [-0.1, -0.05) is 12.8 Å². The predicted octanol–water partition coefficient (Wildman–Crippen LogP) is 4.93. The van der Waals surface area contributed by atoms with Crippen LogP contribution in [-0.4, -0.2) is 42.8 Å². The average Bonchev–Trinajstić information content (AvgIpc) is 2.70. The minimum atomic E-state index is -0.444. The van der Waals surface area contributed by atoms with Crippen molar-refractivity contribution in [1.29, 1.82) is 0 Å². The second kappa shape index (κ2) is 9.09. The summed E-state index contributed by atoms with van der Waals surface area (Å²) < 4.78 is 10.5. The van der Waals surface area contributed by atoms with Gasteiger partial charge in [0.25, 0.3) is 0 Å². The second-order valence-corrected chi connectivity index (χ2v) is 9.18. The Labute approximate surface area is 158 Å². The predicted molar refractivity (Wildman–Crippen MR) is 102 cm³/mol. The summed E-state index contributed by atoms with van der Waals surface area (Å²) in [6.45, 7) is 7.31. The highest BCUT2D eigenvalue weighted by molar-refractivity contribution is 5.72. The molecule has 2 rings (SSSR count). The fourth-order valence-corrected chi connectivity index (χ4v) is 4.57. The molecule has 1 heterocycles. The molecule has 0 bridgehead atoms. The number of carbonyl (C=O) groups is 2. The zero-order chi connectivity index (χ0) is 19.2. The maximum Gasteiger partial charge on any atom is 0.410 e. The van der Waals surface area contributed by atoms with Crippen molar-refractivity contribution in [3.05, 3.63) is 0 Å². The largest absolute Gasteiger partial charge is 0.469 e. The van der Waals surface area contributed by atoms with Gasteiger partial charge in [0.05, 0.1) is 13.0 Å². The number of hydrogen-bond acceptors (Lipinski definition) is 4. The van der Waals surface area contributed by atoms with E-state index >= 15 is 0 Å². The topological polar surface area (TPSA) is 55.8 Å². The van der Waals surface area contributed by atoms with Crippen molar-refractivity contribution in [1.82, 2.24) is 4.90 Å². The van der Waals surface area contributed by atoms with Gasteiger partial charge in [0.2, 0.25) is 0 Å². The number of hydrogen-bond donors (Lipinski definition) is 0. The molecule has 2 fully saturated rings. The van der Waals surface area contributed by atoms with Crippen molar-refractivity contribution in [3.63, 3.8) is 0 Å². The molecule has 1 spiro atoms. The first-order valence-electron chi connectivity index (χ1n) is 10.3. The molecule has 2 atom stereocenters. The first-order valence-corrected chi connectivity index (χ1v) is 10.3. The summed E-state index contributed by atoms with van der Waals surface area (Å²) in [5.74, 6) is 0.0338. The van der Waals surface area contributed by atoms with Crippen molar-refractivity contribution in [2.24, 2.45) is 11.3 Å². The van der Waals surface area contributed by atoms with E-state index in [9.17, 15) is 9.59 Å². The number of rotatable bonds is 1. The third-order valence-electron chi connectivity index (χ3n) is 5.99. The number of esters is 1. The third kappa shape index (κ3) is 6.17. The highest BCUT2D eigenvalue weighted by atomic mass is 16.6. The van der Waals surface area contributed by atoms with E-state index in [0.29, 0.717) is 5.41 Å². The summed E-state index contributed by atoms with van der Waals surface area (Å²) in [5.41, 5.74) is -0.104. The Morgan fingerprint density at radius 1 is 0.923 bits per heavy atom. The number of methoxy groups -OCH3 is 1. The summed E-state index contributed by atoms with van der Waals surface area (Å²) in [6, 6.07) is 0. The highest BCUT2D eigenvalue weighted by Crippen LogP contribution is 2.45. The van der Waals surface area contributed by atoms with Gasteiger partial charge in [-0.3, -0.25) is 4.79 Å². The van der Waals surface area contributed by atoms with Gasteiger partial charge in [-0.05, 0) is 77.6 Å². The quantitative estimate of drug-likeness (QED) is 0.617. The standard InChI is InChI=1S/C21H37NO4/c1-20(2,3)26-19(24)22-15-6-5-11-21(13-8-16-22)12-7-9-17(10-14-21)18(23)25-4/h17H,5-16H2,1-4H3. The SMILES string of the molecule is COC(=O)C1CCCC2(CCCCN(C(=O)OC(C)(C)C)CCC2)CC1. The molecule has 1 aliphatic heterocycles. The molecule has 5 heteroatoms. The normalized spacial score (nSPS) is 28.5. The Morgan fingerprint density at radius 3 is 2.27 bits per heavy atom. The van der Waals surface area contributed by atoms with Crippen LogP contribution < -0.4 is 0 Å². The molecule has 1 saturated heterocycles. The third-order valence-corrected chi connectivity index (χ3v) is 5.99. The Hall–Kier alpha value is -1.26. The summed E-state index contributed by atoms with van der Waals surface area (Å²) >= 11 is 0. The van der Waals surface area contributed by atoms with E-state index < -0.39 is 5.60 Å². The lowest BCUT2D eigenvalue weighted by atomic mass is 9.73. The van der Waals surface area contributed by atoms with Crippen LogP contribution >= 0.6 is 0 Å². The lowest BCUT2D eigenvalue weighted by Crippen LogP contribution is -2.38. The zero-order valence-electron chi connectivity index (χ0n) is 17.1. The van der Waals surface area contributed by atoms with E-state index in [-0.39, 0.29) is 18.0 Å². The molecular weight excluding hydrogens is 330 g/mol. The number of ether oxygens (including phenoxy) is 2. The van der Waals surface area contributed by atoms with E-state index in [2.05, 4.69) is 0 Å². The number of nitrogens with zero attached hydrogens (tertiary/aromatic N) is 1. The van der Waals surface area contributed by atoms with Crippen molar-refractivity contribution in [2.45, 2.75) is 90.6 Å². The minimum Gasteiger partial charge on any atom is -0.469 e. The summed E-state index contributed by atoms with van der Waals surface area (Å²) in [5, 5.41) is 0. The Kier molecular flexibility index (Phi) is 7.36. The van der Waals surface area contributed by atoms with Gasteiger partial charge in [-0.25, -0.2) is 4.79 Å². The van der Waals surface area contributed by atoms with Crippen LogP contribution in [0.15, 0.2) is 0 Å². The maximum atomic E-state index is 12.4. The van der Waals surface area contributed by atoms with Crippen LogP contribution in [0.4, 0.5) is 4.79 Å². The van der Waals surface area contributed by atoms with Gasteiger partial charge < -0.3 is 14.4 Å². The molecule has 0 aromatic carbocycles. The minimum absolute atomic E-state index is 0.0405. The van der Waals surface area contributed by atoms with E-state index in [0.717, 1.165) is 64.5 Å². The van der Waals surface area contributed by atoms with Gasteiger partial charge >= 0.3 is 12.1 Å². The van der Waals surface area contributed by atoms with Crippen LogP contribution in [0.25, 0.3) is 0 Å². The molecule has 2 aliphatic rings. The van der Waals surface area contributed by atoms with Crippen LogP contribution in [0, 0.1) is 11.3 Å². The first kappa shape index (κ1) is 21.0. The van der Waals surface area contributed by atoms with Crippen molar-refractivity contribution in [3.8, 4) is 0 Å². The van der Waals surface area contributed by atoms with Crippen LogP contribution in [-0.2, 0) is 14.3 Å². The molecule has 5 nitrogen and oxygen atoms in total. The molecule has 0 aromatic rings. The summed E-state index contributed by atoms with van der Waals surface area (Å²) in [7, 11) is 1.49. The van der Waals surface area contributed by atoms with E-state index in [1.165, 1.54) is 20.0 Å². The number of carbonyl (C=O) groups excluding carboxylic acids is 2. The number of amides is 1. The first-order chi connectivity index (χ1) is 12.2. The van der Waals surface area contributed by atoms with Gasteiger partial charge in [0.15, 0.2) is 0 Å². The van der Waals surface area contributed by atoms with Crippen LogP contribution in [0.1, 0.15) is 85.0 Å². The molecule has 0 aromatic heterocycles.